The van der Waals surface area contributed by atoms with E-state index in [0.29, 0.717) is 29.9 Å². The molecule has 0 amide bonds. The molecule has 2 aromatic carbocycles. The molecule has 2 fully saturated rings. The molecule has 0 unspecified atom stereocenters. The molecule has 0 bridgehead atoms. The van der Waals surface area contributed by atoms with Crippen molar-refractivity contribution in [3.8, 4) is 11.5 Å². The van der Waals surface area contributed by atoms with E-state index in [-0.39, 0.29) is 42.5 Å². The van der Waals surface area contributed by atoms with Crippen LogP contribution in [0.1, 0.15) is 88.2 Å². The second kappa shape index (κ2) is 11.0. The van der Waals surface area contributed by atoms with Crippen LogP contribution >= 0.6 is 0 Å². The van der Waals surface area contributed by atoms with E-state index in [1.165, 1.54) is 6.07 Å². The monoisotopic (exact) mass is 478 g/mol. The lowest BCUT2D eigenvalue weighted by atomic mass is 9.78. The first-order chi connectivity index (χ1) is 16.4. The van der Waals surface area contributed by atoms with Gasteiger partial charge in [-0.05, 0) is 92.4 Å². The number of hydrogen-bond acceptors (Lipinski definition) is 2. The summed E-state index contributed by atoms with van der Waals surface area (Å²) in [5, 5.41) is 0. The lowest BCUT2D eigenvalue weighted by Crippen LogP contribution is -2.20. The average Bonchev–Trinajstić information content (AvgIpc) is 2.84. The van der Waals surface area contributed by atoms with Gasteiger partial charge in [-0.2, -0.15) is 8.78 Å². The Morgan fingerprint density at radius 3 is 1.62 bits per heavy atom. The summed E-state index contributed by atoms with van der Waals surface area (Å²) in [6.45, 7) is 4.47. The molecule has 0 heterocycles. The highest BCUT2D eigenvalue weighted by Crippen LogP contribution is 2.40. The van der Waals surface area contributed by atoms with Gasteiger partial charge in [0.1, 0.15) is 0 Å². The topological polar surface area (TPSA) is 18.5 Å². The van der Waals surface area contributed by atoms with E-state index in [1.54, 1.807) is 25.1 Å². The van der Waals surface area contributed by atoms with E-state index in [2.05, 4.69) is 6.92 Å². The first kappa shape index (κ1) is 24.9. The quantitative estimate of drug-likeness (QED) is 0.373. The van der Waals surface area contributed by atoms with Crippen molar-refractivity contribution >= 4 is 0 Å². The zero-order valence-electron chi connectivity index (χ0n) is 20.0. The summed E-state index contributed by atoms with van der Waals surface area (Å²) in [7, 11) is 0. The minimum atomic E-state index is -0.937. The standard InChI is InChI=1S/C28H34F4O2/c1-3-33-23-14-12-22(25(29)27(23)31)20-10-6-18(7-11-20)16-34-24-15-13-21(26(30)28(24)32)19-8-4-17(2)5-9-19/h12-15,17-20H,3-11,16H2,1-2H3. The maximum absolute atomic E-state index is 14.8. The van der Waals surface area contributed by atoms with E-state index < -0.39 is 23.3 Å². The van der Waals surface area contributed by atoms with Crippen LogP contribution in [0.2, 0.25) is 0 Å². The molecule has 0 aromatic heterocycles. The molecule has 2 saturated carbocycles. The third-order valence-corrected chi connectivity index (χ3v) is 7.67. The maximum Gasteiger partial charge on any atom is 0.200 e. The molecule has 0 N–H and O–H groups in total. The Labute approximate surface area is 199 Å². The minimum Gasteiger partial charge on any atom is -0.491 e. The number of hydrogen-bond donors (Lipinski definition) is 0. The minimum absolute atomic E-state index is 0.0489. The Morgan fingerprint density at radius 2 is 1.12 bits per heavy atom. The Morgan fingerprint density at radius 1 is 0.647 bits per heavy atom. The van der Waals surface area contributed by atoms with E-state index in [0.717, 1.165) is 38.5 Å². The van der Waals surface area contributed by atoms with Gasteiger partial charge in [-0.15, -0.1) is 0 Å². The van der Waals surface area contributed by atoms with Gasteiger partial charge < -0.3 is 9.47 Å². The van der Waals surface area contributed by atoms with E-state index in [9.17, 15) is 17.6 Å². The van der Waals surface area contributed by atoms with Gasteiger partial charge >= 0.3 is 0 Å². The lowest BCUT2D eigenvalue weighted by molar-refractivity contribution is 0.191. The summed E-state index contributed by atoms with van der Waals surface area (Å²) in [4.78, 5) is 0. The highest BCUT2D eigenvalue weighted by Gasteiger charge is 2.28. The molecule has 0 atom stereocenters. The van der Waals surface area contributed by atoms with Crippen molar-refractivity contribution < 1.29 is 27.0 Å². The Hall–Kier alpha value is -2.24. The fourth-order valence-electron chi connectivity index (χ4n) is 5.52. The predicted molar refractivity (Wildman–Crippen MR) is 124 cm³/mol. The fraction of sp³-hybridized carbons (Fsp3) is 0.571. The van der Waals surface area contributed by atoms with Crippen LogP contribution in [0, 0.1) is 35.1 Å². The van der Waals surface area contributed by atoms with Crippen LogP contribution in [0.25, 0.3) is 0 Å². The van der Waals surface area contributed by atoms with Crippen molar-refractivity contribution in [2.75, 3.05) is 13.2 Å². The van der Waals surface area contributed by atoms with Crippen LogP contribution in [0.5, 0.6) is 11.5 Å². The molecule has 0 aliphatic heterocycles. The molecular formula is C28H34F4O2. The highest BCUT2D eigenvalue weighted by atomic mass is 19.2. The van der Waals surface area contributed by atoms with Gasteiger partial charge in [0.05, 0.1) is 13.2 Å². The van der Waals surface area contributed by atoms with Crippen molar-refractivity contribution in [3.63, 3.8) is 0 Å². The van der Waals surface area contributed by atoms with Crippen LogP contribution in [0.15, 0.2) is 24.3 Å². The number of ether oxygens (including phenoxy) is 2. The van der Waals surface area contributed by atoms with Gasteiger partial charge in [-0.1, -0.05) is 31.9 Å². The first-order valence-corrected chi connectivity index (χ1v) is 12.6. The van der Waals surface area contributed by atoms with Crippen LogP contribution in [0.3, 0.4) is 0 Å². The largest absolute Gasteiger partial charge is 0.491 e. The van der Waals surface area contributed by atoms with Crippen molar-refractivity contribution in [1.82, 2.24) is 0 Å². The third kappa shape index (κ3) is 5.36. The van der Waals surface area contributed by atoms with E-state index in [1.807, 2.05) is 0 Å². The lowest BCUT2D eigenvalue weighted by Gasteiger charge is -2.29. The van der Waals surface area contributed by atoms with Gasteiger partial charge in [-0.3, -0.25) is 0 Å². The van der Waals surface area contributed by atoms with Gasteiger partial charge in [0.15, 0.2) is 23.1 Å². The highest BCUT2D eigenvalue weighted by molar-refractivity contribution is 5.34. The summed E-state index contributed by atoms with van der Waals surface area (Å²) in [5.41, 5.74) is 0.836. The molecule has 4 rings (SSSR count). The predicted octanol–water partition coefficient (Wildman–Crippen LogP) is 8.29. The third-order valence-electron chi connectivity index (χ3n) is 7.67. The van der Waals surface area contributed by atoms with Crippen molar-refractivity contribution in [3.05, 3.63) is 58.7 Å². The zero-order chi connectivity index (χ0) is 24.2. The Balaban J connectivity index is 1.32. The van der Waals surface area contributed by atoms with Gasteiger partial charge in [0, 0.05) is 0 Å². The molecule has 0 spiro atoms. The van der Waals surface area contributed by atoms with Crippen LogP contribution in [0.4, 0.5) is 17.6 Å². The second-order valence-corrected chi connectivity index (χ2v) is 9.98. The van der Waals surface area contributed by atoms with Crippen LogP contribution in [-0.4, -0.2) is 13.2 Å². The maximum atomic E-state index is 14.8. The fourth-order valence-corrected chi connectivity index (χ4v) is 5.52. The van der Waals surface area contributed by atoms with Gasteiger partial charge in [0.25, 0.3) is 0 Å². The molecule has 6 heteroatoms. The smallest absolute Gasteiger partial charge is 0.200 e. The first-order valence-electron chi connectivity index (χ1n) is 12.6. The number of rotatable bonds is 7. The molecule has 2 nitrogen and oxygen atoms in total. The Bertz CT molecular complexity index is 977. The van der Waals surface area contributed by atoms with Crippen LogP contribution < -0.4 is 9.47 Å². The molecular weight excluding hydrogens is 444 g/mol. The molecule has 34 heavy (non-hydrogen) atoms. The molecule has 186 valence electrons. The Kier molecular flexibility index (Phi) is 8.05. The van der Waals surface area contributed by atoms with Crippen molar-refractivity contribution in [1.29, 1.82) is 0 Å². The second-order valence-electron chi connectivity index (χ2n) is 9.98. The van der Waals surface area contributed by atoms with Gasteiger partial charge in [0.2, 0.25) is 11.6 Å². The SMILES string of the molecule is CCOc1ccc(C2CCC(COc3ccc(C4CCC(C)CC4)c(F)c3F)CC2)c(F)c1F. The van der Waals surface area contributed by atoms with Crippen LogP contribution in [-0.2, 0) is 0 Å². The molecule has 2 aliphatic carbocycles. The number of benzene rings is 2. The molecule has 0 saturated heterocycles. The summed E-state index contributed by atoms with van der Waals surface area (Å²) < 4.78 is 69.1. The summed E-state index contributed by atoms with van der Waals surface area (Å²) >= 11 is 0. The van der Waals surface area contributed by atoms with E-state index in [4.69, 9.17) is 9.47 Å². The molecule has 2 aromatic rings. The zero-order valence-corrected chi connectivity index (χ0v) is 20.0. The normalized spacial score (nSPS) is 25.2. The molecule has 0 radical (unpaired) electrons. The summed E-state index contributed by atoms with van der Waals surface area (Å²) in [6.07, 6.45) is 6.74. The van der Waals surface area contributed by atoms with E-state index >= 15 is 0 Å². The summed E-state index contributed by atoms with van der Waals surface area (Å²) in [6, 6.07) is 6.32. The average molecular weight is 479 g/mol. The van der Waals surface area contributed by atoms with Gasteiger partial charge in [-0.25, -0.2) is 8.78 Å². The van der Waals surface area contributed by atoms with Crippen molar-refractivity contribution in [2.45, 2.75) is 77.0 Å². The number of halogens is 4. The summed E-state index contributed by atoms with van der Waals surface area (Å²) in [5.74, 6) is -2.78. The van der Waals surface area contributed by atoms with Crippen molar-refractivity contribution in [2.24, 2.45) is 11.8 Å². The molecule has 2 aliphatic rings.